The second kappa shape index (κ2) is 5.79. The minimum Gasteiger partial charge on any atom is -0.454 e. The van der Waals surface area contributed by atoms with Gasteiger partial charge in [0.05, 0.1) is 11.0 Å². The van der Waals surface area contributed by atoms with Gasteiger partial charge in [0.1, 0.15) is 5.75 Å². The van der Waals surface area contributed by atoms with Crippen molar-refractivity contribution in [1.82, 2.24) is 0 Å². The van der Waals surface area contributed by atoms with Crippen molar-refractivity contribution in [2.45, 2.75) is 5.33 Å². The summed E-state index contributed by atoms with van der Waals surface area (Å²) in [5.74, 6) is -0.301. The van der Waals surface area contributed by atoms with E-state index >= 15 is 0 Å². The van der Waals surface area contributed by atoms with Crippen molar-refractivity contribution in [3.8, 4) is 11.5 Å². The Balaban J connectivity index is 2.31. The lowest BCUT2D eigenvalue weighted by Gasteiger charge is -2.09. The summed E-state index contributed by atoms with van der Waals surface area (Å²) in [5, 5.41) is 11.1. The molecule has 0 aliphatic heterocycles. The van der Waals surface area contributed by atoms with Gasteiger partial charge in [-0.3, -0.25) is 10.1 Å². The van der Waals surface area contributed by atoms with Gasteiger partial charge >= 0.3 is 0 Å². The van der Waals surface area contributed by atoms with Crippen LogP contribution in [0, 0.1) is 15.9 Å². The first-order chi connectivity index (χ1) is 9.11. The fraction of sp³-hybridized carbons (Fsp3) is 0.0769. The molecule has 0 aliphatic carbocycles. The van der Waals surface area contributed by atoms with Crippen LogP contribution in [0.1, 0.15) is 5.56 Å². The average Bonchev–Trinajstić information content (AvgIpc) is 2.41. The van der Waals surface area contributed by atoms with Crippen LogP contribution in [0.5, 0.6) is 11.5 Å². The molecule has 0 aliphatic rings. The lowest BCUT2D eigenvalue weighted by atomic mass is 10.2. The normalized spacial score (nSPS) is 10.2. The molecule has 2 rings (SSSR count). The van der Waals surface area contributed by atoms with Crippen molar-refractivity contribution < 1.29 is 14.1 Å². The van der Waals surface area contributed by atoms with Crippen LogP contribution in [-0.2, 0) is 5.33 Å². The Hall–Kier alpha value is -1.95. The van der Waals surface area contributed by atoms with E-state index in [1.165, 1.54) is 12.1 Å². The lowest BCUT2D eigenvalue weighted by Crippen LogP contribution is -1.94. The topological polar surface area (TPSA) is 52.4 Å². The number of ether oxygens (including phenoxy) is 1. The highest BCUT2D eigenvalue weighted by atomic mass is 79.9. The lowest BCUT2D eigenvalue weighted by molar-refractivity contribution is -0.385. The third kappa shape index (κ3) is 3.08. The van der Waals surface area contributed by atoms with Gasteiger partial charge in [0.2, 0.25) is 0 Å². The zero-order valence-corrected chi connectivity index (χ0v) is 11.3. The summed E-state index contributed by atoms with van der Waals surface area (Å²) in [6.07, 6.45) is 0. The second-order valence-corrected chi connectivity index (χ2v) is 4.28. The molecule has 0 saturated carbocycles. The molecule has 0 N–H and O–H groups in total. The monoisotopic (exact) mass is 325 g/mol. The van der Waals surface area contributed by atoms with Crippen molar-refractivity contribution in [3.05, 3.63) is 64.0 Å². The minimum atomic E-state index is -0.765. The maximum atomic E-state index is 13.7. The molecule has 98 valence electrons. The molecule has 6 heteroatoms. The molecular formula is C13H9BrFNO3. The summed E-state index contributed by atoms with van der Waals surface area (Å²) >= 11 is 3.31. The number of non-ortho nitro benzene ring substituents is 1. The maximum absolute atomic E-state index is 13.7. The van der Waals surface area contributed by atoms with Crippen LogP contribution in [0.15, 0.2) is 42.5 Å². The van der Waals surface area contributed by atoms with Gasteiger partial charge in [0, 0.05) is 17.0 Å². The summed E-state index contributed by atoms with van der Waals surface area (Å²) < 4.78 is 19.1. The number of benzene rings is 2. The van der Waals surface area contributed by atoms with E-state index in [1.807, 2.05) is 12.1 Å². The van der Waals surface area contributed by atoms with Gasteiger partial charge in [-0.25, -0.2) is 4.39 Å². The van der Waals surface area contributed by atoms with Crippen molar-refractivity contribution in [3.63, 3.8) is 0 Å². The number of halogens is 2. The van der Waals surface area contributed by atoms with Gasteiger partial charge in [0.25, 0.3) is 5.69 Å². The van der Waals surface area contributed by atoms with Gasteiger partial charge in [-0.05, 0) is 12.1 Å². The van der Waals surface area contributed by atoms with Crippen LogP contribution in [0.4, 0.5) is 10.1 Å². The van der Waals surface area contributed by atoms with Crippen LogP contribution in [-0.4, -0.2) is 4.92 Å². The van der Waals surface area contributed by atoms with E-state index in [0.717, 1.165) is 11.6 Å². The molecule has 0 spiro atoms. The average molecular weight is 326 g/mol. The molecule has 2 aromatic carbocycles. The van der Waals surface area contributed by atoms with Gasteiger partial charge in [-0.2, -0.15) is 0 Å². The summed E-state index contributed by atoms with van der Waals surface area (Å²) in [5.41, 5.74) is 0.555. The van der Waals surface area contributed by atoms with E-state index in [0.29, 0.717) is 11.1 Å². The Kier molecular flexibility index (Phi) is 4.11. The van der Waals surface area contributed by atoms with Crippen molar-refractivity contribution >= 4 is 21.6 Å². The number of nitro groups is 1. The third-order valence-corrected chi connectivity index (χ3v) is 3.07. The first-order valence-corrected chi connectivity index (χ1v) is 6.49. The summed E-state index contributed by atoms with van der Waals surface area (Å²) in [4.78, 5) is 9.86. The smallest absolute Gasteiger partial charge is 0.272 e. The maximum Gasteiger partial charge on any atom is 0.272 e. The number of rotatable bonds is 4. The number of nitrogens with zero attached hydrogens (tertiary/aromatic N) is 1. The molecule has 19 heavy (non-hydrogen) atoms. The van der Waals surface area contributed by atoms with Crippen LogP contribution in [0.25, 0.3) is 0 Å². The highest BCUT2D eigenvalue weighted by Crippen LogP contribution is 2.30. The van der Waals surface area contributed by atoms with E-state index in [9.17, 15) is 14.5 Å². The van der Waals surface area contributed by atoms with E-state index in [2.05, 4.69) is 15.9 Å². The van der Waals surface area contributed by atoms with Gasteiger partial charge in [-0.15, -0.1) is 0 Å². The van der Waals surface area contributed by atoms with Crippen molar-refractivity contribution in [1.29, 1.82) is 0 Å². The van der Waals surface area contributed by atoms with Gasteiger partial charge in [0.15, 0.2) is 11.6 Å². The van der Waals surface area contributed by atoms with E-state index in [4.69, 9.17) is 4.74 Å². The Morgan fingerprint density at radius 2 is 1.95 bits per heavy atom. The third-order valence-electron chi connectivity index (χ3n) is 2.46. The van der Waals surface area contributed by atoms with Crippen LogP contribution < -0.4 is 4.74 Å². The molecule has 0 saturated heterocycles. The largest absolute Gasteiger partial charge is 0.454 e. The van der Waals surface area contributed by atoms with Crippen molar-refractivity contribution in [2.75, 3.05) is 0 Å². The fourth-order valence-corrected chi connectivity index (χ4v) is 1.98. The quantitative estimate of drug-likeness (QED) is 0.475. The Bertz CT molecular complexity index is 619. The summed E-state index contributed by atoms with van der Waals surface area (Å²) in [6, 6.07) is 10.4. The second-order valence-electron chi connectivity index (χ2n) is 3.72. The molecule has 0 fully saturated rings. The molecule has 0 aromatic heterocycles. The van der Waals surface area contributed by atoms with E-state index in [1.54, 1.807) is 12.1 Å². The van der Waals surface area contributed by atoms with Crippen LogP contribution in [0.3, 0.4) is 0 Å². The minimum absolute atomic E-state index is 0.0426. The molecule has 2 aromatic rings. The summed E-state index contributed by atoms with van der Waals surface area (Å²) in [6.45, 7) is 0. The van der Waals surface area contributed by atoms with Gasteiger partial charge < -0.3 is 4.74 Å². The standard InChI is InChI=1S/C13H9BrFNO3/c14-8-9-3-1-2-4-12(9)19-13-6-5-10(16(17)18)7-11(13)15/h1-7H,8H2. The number of para-hydroxylation sites is 1. The first-order valence-electron chi connectivity index (χ1n) is 5.37. The predicted molar refractivity (Wildman–Crippen MR) is 72.2 cm³/mol. The number of nitro benzene ring substituents is 1. The first kappa shape index (κ1) is 13.5. The fourth-order valence-electron chi connectivity index (χ4n) is 1.52. The molecule has 0 radical (unpaired) electrons. The van der Waals surface area contributed by atoms with Gasteiger partial charge in [-0.1, -0.05) is 34.1 Å². The van der Waals surface area contributed by atoms with Crippen LogP contribution >= 0.6 is 15.9 Å². The zero-order valence-electron chi connectivity index (χ0n) is 9.68. The Morgan fingerprint density at radius 1 is 1.21 bits per heavy atom. The molecule has 0 bridgehead atoms. The molecular weight excluding hydrogens is 317 g/mol. The Labute approximate surface area is 117 Å². The highest BCUT2D eigenvalue weighted by Gasteiger charge is 2.13. The van der Waals surface area contributed by atoms with E-state index in [-0.39, 0.29) is 11.4 Å². The molecule has 0 unspecified atom stereocenters. The van der Waals surface area contributed by atoms with Crippen molar-refractivity contribution in [2.24, 2.45) is 0 Å². The number of hydrogen-bond donors (Lipinski definition) is 0. The predicted octanol–water partition coefficient (Wildman–Crippen LogP) is 4.42. The molecule has 0 heterocycles. The Morgan fingerprint density at radius 3 is 2.58 bits per heavy atom. The SMILES string of the molecule is O=[N+]([O-])c1ccc(Oc2ccccc2CBr)c(F)c1. The molecule has 4 nitrogen and oxygen atoms in total. The van der Waals surface area contributed by atoms with E-state index < -0.39 is 10.7 Å². The highest BCUT2D eigenvalue weighted by molar-refractivity contribution is 9.08. The molecule has 0 atom stereocenters. The molecule has 0 amide bonds. The number of alkyl halides is 1. The summed E-state index contributed by atoms with van der Waals surface area (Å²) in [7, 11) is 0. The number of hydrogen-bond acceptors (Lipinski definition) is 3. The zero-order chi connectivity index (χ0) is 13.8. The van der Waals surface area contributed by atoms with Crippen LogP contribution in [0.2, 0.25) is 0 Å².